The fourth-order valence-corrected chi connectivity index (χ4v) is 1.93. The minimum Gasteiger partial charge on any atom is -0.486 e. The van der Waals surface area contributed by atoms with E-state index in [1.54, 1.807) is 0 Å². The molecule has 0 aliphatic carbocycles. The quantitative estimate of drug-likeness (QED) is 0.638. The fraction of sp³-hybridized carbons (Fsp3) is 0.200. The minimum absolute atomic E-state index is 0.00701. The second-order valence-corrected chi connectivity index (χ2v) is 4.93. The second kappa shape index (κ2) is 6.94. The molecule has 26 heavy (non-hydrogen) atoms. The van der Waals surface area contributed by atoms with E-state index in [0.29, 0.717) is 11.3 Å². The van der Waals surface area contributed by atoms with Crippen LogP contribution in [0.25, 0.3) is 11.4 Å². The first-order chi connectivity index (χ1) is 12.4. The Labute approximate surface area is 143 Å². The zero-order chi connectivity index (χ0) is 18.7. The van der Waals surface area contributed by atoms with Gasteiger partial charge in [0.25, 0.3) is 0 Å². The topological polar surface area (TPSA) is 83.2 Å². The number of benzene rings is 1. The smallest absolute Gasteiger partial charge is 0.471 e. The molecule has 2 heterocycles. The Morgan fingerprint density at radius 3 is 2.46 bits per heavy atom. The van der Waals surface area contributed by atoms with E-state index < -0.39 is 23.7 Å². The van der Waals surface area contributed by atoms with Gasteiger partial charge in [-0.1, -0.05) is 11.2 Å². The minimum atomic E-state index is -4.80. The maximum absolute atomic E-state index is 14.2. The number of hydrogen-bond donors (Lipinski definition) is 0. The molecule has 7 nitrogen and oxygen atoms in total. The molecule has 11 heteroatoms. The highest BCUT2D eigenvalue weighted by atomic mass is 19.4. The summed E-state index contributed by atoms with van der Waals surface area (Å²) >= 11 is 0. The van der Waals surface area contributed by atoms with Gasteiger partial charge in [0, 0.05) is 0 Å². The lowest BCUT2D eigenvalue weighted by Crippen LogP contribution is -2.05. The predicted molar refractivity (Wildman–Crippen MR) is 77.6 cm³/mol. The van der Waals surface area contributed by atoms with Crippen molar-refractivity contribution in [1.82, 2.24) is 20.1 Å². The zero-order valence-electron chi connectivity index (χ0n) is 13.1. The van der Waals surface area contributed by atoms with Crippen molar-refractivity contribution in [2.24, 2.45) is 0 Å². The van der Waals surface area contributed by atoms with Crippen molar-refractivity contribution in [1.29, 1.82) is 0 Å². The second-order valence-electron chi connectivity index (χ2n) is 4.93. The molecule has 0 aliphatic rings. The monoisotopic (exact) mass is 370 g/mol. The molecule has 0 bridgehead atoms. The van der Waals surface area contributed by atoms with Gasteiger partial charge in [0.05, 0.1) is 25.1 Å². The lowest BCUT2D eigenvalue weighted by atomic mass is 10.1. The summed E-state index contributed by atoms with van der Waals surface area (Å²) in [6, 6.07) is 3.98. The molecule has 0 saturated carbocycles. The van der Waals surface area contributed by atoms with Crippen molar-refractivity contribution in [3.8, 4) is 23.1 Å². The number of hydrogen-bond acceptors (Lipinski definition) is 7. The van der Waals surface area contributed by atoms with Gasteiger partial charge in [0.1, 0.15) is 12.4 Å². The number of alkyl halides is 3. The number of ether oxygens (including phenoxy) is 2. The van der Waals surface area contributed by atoms with Gasteiger partial charge in [-0.2, -0.15) is 28.1 Å². The van der Waals surface area contributed by atoms with Crippen molar-refractivity contribution < 1.29 is 31.6 Å². The molecule has 0 unspecified atom stereocenters. The van der Waals surface area contributed by atoms with Crippen molar-refractivity contribution in [3.63, 3.8) is 0 Å². The van der Waals surface area contributed by atoms with Crippen molar-refractivity contribution in [3.05, 3.63) is 47.9 Å². The summed E-state index contributed by atoms with van der Waals surface area (Å²) < 4.78 is 65.9. The summed E-state index contributed by atoms with van der Waals surface area (Å²) in [5, 5.41) is 3.15. The van der Waals surface area contributed by atoms with E-state index in [2.05, 4.69) is 24.6 Å². The lowest BCUT2D eigenvalue weighted by Gasteiger charge is -2.07. The molecule has 0 amide bonds. The fourth-order valence-electron chi connectivity index (χ4n) is 1.93. The van der Waals surface area contributed by atoms with Gasteiger partial charge in [-0.3, -0.25) is 0 Å². The average Bonchev–Trinajstić information content (AvgIpc) is 3.10. The molecule has 3 aromatic rings. The standard InChI is InChI=1S/C15H10F4N4O3/c1-24-14-20-5-9(6-21-14)25-7-8-2-3-10(11(16)4-8)12-22-13(26-23-12)15(17,18)19/h2-6H,7H2,1H3. The Hall–Kier alpha value is -3.24. The number of methoxy groups -OCH3 is 1. The largest absolute Gasteiger partial charge is 0.486 e. The van der Waals surface area contributed by atoms with Gasteiger partial charge >= 0.3 is 18.1 Å². The molecule has 0 N–H and O–H groups in total. The zero-order valence-corrected chi connectivity index (χ0v) is 13.1. The van der Waals surface area contributed by atoms with Gasteiger partial charge in [-0.05, 0) is 17.7 Å². The van der Waals surface area contributed by atoms with Gasteiger partial charge in [-0.15, -0.1) is 0 Å². The predicted octanol–water partition coefficient (Wildman–Crippen LogP) is 3.27. The third-order valence-electron chi connectivity index (χ3n) is 3.14. The van der Waals surface area contributed by atoms with Gasteiger partial charge in [0.2, 0.25) is 5.82 Å². The van der Waals surface area contributed by atoms with Crippen LogP contribution in [0.15, 0.2) is 35.1 Å². The van der Waals surface area contributed by atoms with E-state index in [-0.39, 0.29) is 18.2 Å². The normalized spacial score (nSPS) is 11.4. The van der Waals surface area contributed by atoms with E-state index in [0.717, 1.165) is 6.07 Å². The SMILES string of the molecule is COc1ncc(OCc2ccc(-c3noc(C(F)(F)F)n3)c(F)c2)cn1. The van der Waals surface area contributed by atoms with Crippen LogP contribution in [-0.2, 0) is 12.8 Å². The van der Waals surface area contributed by atoms with E-state index in [4.69, 9.17) is 9.47 Å². The Balaban J connectivity index is 1.71. The highest BCUT2D eigenvalue weighted by Crippen LogP contribution is 2.30. The van der Waals surface area contributed by atoms with Gasteiger partial charge in [0.15, 0.2) is 5.75 Å². The third kappa shape index (κ3) is 3.87. The van der Waals surface area contributed by atoms with Crippen molar-refractivity contribution in [2.75, 3.05) is 7.11 Å². The van der Waals surface area contributed by atoms with Gasteiger partial charge in [-0.25, -0.2) is 4.39 Å². The van der Waals surface area contributed by atoms with Crippen LogP contribution < -0.4 is 9.47 Å². The molecule has 2 aromatic heterocycles. The summed E-state index contributed by atoms with van der Waals surface area (Å²) in [6.45, 7) is -0.00701. The van der Waals surface area contributed by atoms with Crippen molar-refractivity contribution >= 4 is 0 Å². The maximum atomic E-state index is 14.2. The van der Waals surface area contributed by atoms with Crippen molar-refractivity contribution in [2.45, 2.75) is 12.8 Å². The Kier molecular flexibility index (Phi) is 4.69. The maximum Gasteiger partial charge on any atom is 0.471 e. The first-order valence-corrected chi connectivity index (χ1v) is 7.05. The summed E-state index contributed by atoms with van der Waals surface area (Å²) in [6.07, 6.45) is -2.03. The summed E-state index contributed by atoms with van der Waals surface area (Å²) in [7, 11) is 1.42. The molecule has 0 aliphatic heterocycles. The van der Waals surface area contributed by atoms with Crippen LogP contribution in [0, 0.1) is 5.82 Å². The van der Waals surface area contributed by atoms with Crippen LogP contribution in [0.3, 0.4) is 0 Å². The van der Waals surface area contributed by atoms with Crippen LogP contribution in [0.1, 0.15) is 11.5 Å². The number of nitrogens with zero attached hydrogens (tertiary/aromatic N) is 4. The number of rotatable bonds is 5. The van der Waals surface area contributed by atoms with Crippen LogP contribution in [0.2, 0.25) is 0 Å². The summed E-state index contributed by atoms with van der Waals surface area (Å²) in [5.41, 5.74) is 0.211. The Morgan fingerprint density at radius 2 is 1.88 bits per heavy atom. The molecular formula is C15H10F4N4O3. The molecule has 3 rings (SSSR count). The third-order valence-corrected chi connectivity index (χ3v) is 3.14. The summed E-state index contributed by atoms with van der Waals surface area (Å²) in [4.78, 5) is 10.9. The van der Waals surface area contributed by atoms with E-state index in [9.17, 15) is 17.6 Å². The summed E-state index contributed by atoms with van der Waals surface area (Å²) in [5.74, 6) is -2.51. The van der Waals surface area contributed by atoms with Crippen LogP contribution in [-0.4, -0.2) is 27.2 Å². The number of aromatic nitrogens is 4. The lowest BCUT2D eigenvalue weighted by molar-refractivity contribution is -0.159. The van der Waals surface area contributed by atoms with Crippen LogP contribution in [0.4, 0.5) is 17.6 Å². The molecule has 0 atom stereocenters. The van der Waals surface area contributed by atoms with E-state index in [1.165, 1.54) is 31.6 Å². The molecule has 0 fully saturated rings. The highest BCUT2D eigenvalue weighted by molar-refractivity contribution is 5.55. The van der Waals surface area contributed by atoms with Gasteiger partial charge < -0.3 is 14.0 Å². The molecular weight excluding hydrogens is 360 g/mol. The molecule has 0 saturated heterocycles. The highest BCUT2D eigenvalue weighted by Gasteiger charge is 2.38. The molecule has 1 aromatic carbocycles. The Morgan fingerprint density at radius 1 is 1.15 bits per heavy atom. The first-order valence-electron chi connectivity index (χ1n) is 7.05. The van der Waals surface area contributed by atoms with E-state index in [1.807, 2.05) is 0 Å². The Bertz CT molecular complexity index is 897. The average molecular weight is 370 g/mol. The first kappa shape index (κ1) is 17.6. The molecule has 136 valence electrons. The van der Waals surface area contributed by atoms with E-state index >= 15 is 0 Å². The van der Waals surface area contributed by atoms with Crippen LogP contribution >= 0.6 is 0 Å². The molecule has 0 spiro atoms. The molecule has 0 radical (unpaired) electrons. The number of halogens is 4. The van der Waals surface area contributed by atoms with Crippen LogP contribution in [0.5, 0.6) is 11.8 Å².